The zero-order valence-electron chi connectivity index (χ0n) is 9.41. The Labute approximate surface area is 101 Å². The van der Waals surface area contributed by atoms with E-state index >= 15 is 0 Å². The third-order valence-electron chi connectivity index (χ3n) is 2.60. The normalized spacial score (nSPS) is 13.1. The van der Waals surface area contributed by atoms with E-state index in [1.807, 2.05) is 6.07 Å². The average Bonchev–Trinajstić information content (AvgIpc) is 2.22. The fourth-order valence-electron chi connectivity index (χ4n) is 1.80. The van der Waals surface area contributed by atoms with Gasteiger partial charge in [0.25, 0.3) is 0 Å². The second-order valence-corrected chi connectivity index (χ2v) is 4.61. The van der Waals surface area contributed by atoms with Gasteiger partial charge in [-0.3, -0.25) is 4.90 Å². The molecule has 0 heterocycles. The molecule has 1 aromatic rings. The van der Waals surface area contributed by atoms with Crippen molar-refractivity contribution < 1.29 is 0 Å². The molecule has 0 radical (unpaired) electrons. The van der Waals surface area contributed by atoms with E-state index in [1.165, 1.54) is 5.56 Å². The third kappa shape index (κ3) is 3.30. The zero-order chi connectivity index (χ0) is 11.3. The standard InChI is InChI=1S/C12H19BrN2/c1-3-8-15(2)12(9-14)10-6-4-5-7-11(10)13/h4-7,12H,3,8-9,14H2,1-2H3. The topological polar surface area (TPSA) is 29.3 Å². The van der Waals surface area contributed by atoms with Gasteiger partial charge in [-0.1, -0.05) is 41.1 Å². The van der Waals surface area contributed by atoms with Gasteiger partial charge in [-0.05, 0) is 31.6 Å². The number of halogens is 1. The van der Waals surface area contributed by atoms with Crippen LogP contribution in [-0.4, -0.2) is 25.0 Å². The first kappa shape index (κ1) is 12.7. The Morgan fingerprint density at radius 1 is 1.40 bits per heavy atom. The van der Waals surface area contributed by atoms with Gasteiger partial charge in [0.2, 0.25) is 0 Å². The van der Waals surface area contributed by atoms with E-state index in [2.05, 4.69) is 53.0 Å². The van der Waals surface area contributed by atoms with Crippen LogP contribution in [0.25, 0.3) is 0 Å². The largest absolute Gasteiger partial charge is 0.329 e. The van der Waals surface area contributed by atoms with Crippen LogP contribution in [0, 0.1) is 0 Å². The van der Waals surface area contributed by atoms with Crippen molar-refractivity contribution in [2.45, 2.75) is 19.4 Å². The molecular formula is C12H19BrN2. The van der Waals surface area contributed by atoms with Crippen LogP contribution in [0.1, 0.15) is 24.9 Å². The minimum Gasteiger partial charge on any atom is -0.329 e. The fourth-order valence-corrected chi connectivity index (χ4v) is 2.35. The van der Waals surface area contributed by atoms with Crippen LogP contribution < -0.4 is 5.73 Å². The highest BCUT2D eigenvalue weighted by atomic mass is 79.9. The lowest BCUT2D eigenvalue weighted by Crippen LogP contribution is -2.31. The first-order chi connectivity index (χ1) is 7.20. The first-order valence-electron chi connectivity index (χ1n) is 5.35. The summed E-state index contributed by atoms with van der Waals surface area (Å²) < 4.78 is 1.14. The molecule has 2 N–H and O–H groups in total. The summed E-state index contributed by atoms with van der Waals surface area (Å²) in [6, 6.07) is 8.59. The van der Waals surface area contributed by atoms with E-state index < -0.39 is 0 Å². The molecule has 0 fully saturated rings. The molecule has 2 nitrogen and oxygen atoms in total. The summed E-state index contributed by atoms with van der Waals surface area (Å²) in [5.74, 6) is 0. The predicted octanol–water partition coefficient (Wildman–Crippen LogP) is 2.79. The number of benzene rings is 1. The monoisotopic (exact) mass is 270 g/mol. The molecule has 0 spiro atoms. The van der Waals surface area contributed by atoms with Crippen molar-refractivity contribution in [2.75, 3.05) is 20.1 Å². The number of likely N-dealkylation sites (N-methyl/N-ethyl adjacent to an activating group) is 1. The molecule has 0 aliphatic carbocycles. The maximum absolute atomic E-state index is 5.84. The Balaban J connectivity index is 2.87. The van der Waals surface area contributed by atoms with Gasteiger partial charge in [0, 0.05) is 17.1 Å². The number of rotatable bonds is 5. The van der Waals surface area contributed by atoms with E-state index in [0.717, 1.165) is 17.4 Å². The van der Waals surface area contributed by atoms with E-state index in [9.17, 15) is 0 Å². The number of hydrogen-bond acceptors (Lipinski definition) is 2. The fraction of sp³-hybridized carbons (Fsp3) is 0.500. The second-order valence-electron chi connectivity index (χ2n) is 3.75. The molecule has 15 heavy (non-hydrogen) atoms. The van der Waals surface area contributed by atoms with Gasteiger partial charge in [0.1, 0.15) is 0 Å². The molecule has 1 rings (SSSR count). The molecule has 1 unspecified atom stereocenters. The lowest BCUT2D eigenvalue weighted by atomic mass is 10.1. The maximum atomic E-state index is 5.84. The molecular weight excluding hydrogens is 252 g/mol. The summed E-state index contributed by atoms with van der Waals surface area (Å²) in [5.41, 5.74) is 7.12. The maximum Gasteiger partial charge on any atom is 0.0478 e. The molecule has 84 valence electrons. The van der Waals surface area contributed by atoms with Crippen LogP contribution >= 0.6 is 15.9 Å². The van der Waals surface area contributed by atoms with Gasteiger partial charge in [0.15, 0.2) is 0 Å². The van der Waals surface area contributed by atoms with E-state index in [4.69, 9.17) is 5.73 Å². The highest BCUT2D eigenvalue weighted by molar-refractivity contribution is 9.10. The summed E-state index contributed by atoms with van der Waals surface area (Å²) in [4.78, 5) is 2.31. The molecule has 0 saturated heterocycles. The van der Waals surface area contributed by atoms with E-state index in [-0.39, 0.29) is 0 Å². The van der Waals surface area contributed by atoms with Crippen molar-refractivity contribution in [2.24, 2.45) is 5.73 Å². The average molecular weight is 271 g/mol. The van der Waals surface area contributed by atoms with Crippen LogP contribution in [0.2, 0.25) is 0 Å². The molecule has 0 aliphatic rings. The summed E-state index contributed by atoms with van der Waals surface area (Å²) in [7, 11) is 2.13. The molecule has 0 aromatic heterocycles. The minimum absolute atomic E-state index is 0.306. The van der Waals surface area contributed by atoms with Crippen molar-refractivity contribution in [1.82, 2.24) is 4.90 Å². The van der Waals surface area contributed by atoms with E-state index in [0.29, 0.717) is 12.6 Å². The van der Waals surface area contributed by atoms with Crippen molar-refractivity contribution in [3.63, 3.8) is 0 Å². The summed E-state index contributed by atoms with van der Waals surface area (Å²) in [6.07, 6.45) is 1.15. The number of hydrogen-bond donors (Lipinski definition) is 1. The quantitative estimate of drug-likeness (QED) is 0.892. The Morgan fingerprint density at radius 2 is 2.07 bits per heavy atom. The Bertz CT molecular complexity index is 301. The van der Waals surface area contributed by atoms with Crippen LogP contribution in [0.4, 0.5) is 0 Å². The highest BCUT2D eigenvalue weighted by Crippen LogP contribution is 2.26. The van der Waals surface area contributed by atoms with Gasteiger partial charge < -0.3 is 5.73 Å². The van der Waals surface area contributed by atoms with Crippen molar-refractivity contribution in [1.29, 1.82) is 0 Å². The molecule has 0 bridgehead atoms. The van der Waals surface area contributed by atoms with Gasteiger partial charge >= 0.3 is 0 Å². The summed E-state index contributed by atoms with van der Waals surface area (Å²) >= 11 is 3.57. The van der Waals surface area contributed by atoms with Crippen molar-refractivity contribution in [3.05, 3.63) is 34.3 Å². The molecule has 0 amide bonds. The zero-order valence-corrected chi connectivity index (χ0v) is 11.0. The molecule has 0 aliphatic heterocycles. The Kier molecular flexibility index (Phi) is 5.29. The molecule has 0 saturated carbocycles. The van der Waals surface area contributed by atoms with Crippen molar-refractivity contribution >= 4 is 15.9 Å². The van der Waals surface area contributed by atoms with Crippen LogP contribution in [-0.2, 0) is 0 Å². The molecule has 1 aromatic carbocycles. The van der Waals surface area contributed by atoms with Gasteiger partial charge in [-0.2, -0.15) is 0 Å². The highest BCUT2D eigenvalue weighted by Gasteiger charge is 2.16. The van der Waals surface area contributed by atoms with Crippen LogP contribution in [0.15, 0.2) is 28.7 Å². The third-order valence-corrected chi connectivity index (χ3v) is 3.32. The van der Waals surface area contributed by atoms with E-state index in [1.54, 1.807) is 0 Å². The Morgan fingerprint density at radius 3 is 2.60 bits per heavy atom. The Hall–Kier alpha value is -0.380. The summed E-state index contributed by atoms with van der Waals surface area (Å²) in [5, 5.41) is 0. The van der Waals surface area contributed by atoms with Gasteiger partial charge in [-0.25, -0.2) is 0 Å². The number of nitrogens with zero attached hydrogens (tertiary/aromatic N) is 1. The van der Waals surface area contributed by atoms with Gasteiger partial charge in [0.05, 0.1) is 0 Å². The SMILES string of the molecule is CCCN(C)C(CN)c1ccccc1Br. The first-order valence-corrected chi connectivity index (χ1v) is 6.14. The number of nitrogens with two attached hydrogens (primary N) is 1. The predicted molar refractivity (Wildman–Crippen MR) is 68.9 cm³/mol. The van der Waals surface area contributed by atoms with Crippen LogP contribution in [0.3, 0.4) is 0 Å². The summed E-state index contributed by atoms with van der Waals surface area (Å²) in [6.45, 7) is 3.91. The molecule has 1 atom stereocenters. The van der Waals surface area contributed by atoms with Crippen molar-refractivity contribution in [3.8, 4) is 0 Å². The lowest BCUT2D eigenvalue weighted by molar-refractivity contribution is 0.250. The van der Waals surface area contributed by atoms with Crippen LogP contribution in [0.5, 0.6) is 0 Å². The molecule has 3 heteroatoms. The van der Waals surface area contributed by atoms with Gasteiger partial charge in [-0.15, -0.1) is 0 Å². The smallest absolute Gasteiger partial charge is 0.0478 e. The second kappa shape index (κ2) is 6.26. The lowest BCUT2D eigenvalue weighted by Gasteiger charge is -2.27. The minimum atomic E-state index is 0.306.